The van der Waals surface area contributed by atoms with Crippen LogP contribution in [0, 0.1) is 0 Å². The van der Waals surface area contributed by atoms with Crippen LogP contribution < -0.4 is 4.90 Å². The molecule has 3 aromatic rings. The third-order valence-electron chi connectivity index (χ3n) is 5.52. The summed E-state index contributed by atoms with van der Waals surface area (Å²) in [5, 5.41) is 2.46. The van der Waals surface area contributed by atoms with Gasteiger partial charge >= 0.3 is 6.18 Å². The molecule has 2 amide bonds. The molecule has 0 radical (unpaired) electrons. The predicted octanol–water partition coefficient (Wildman–Crippen LogP) is 4.43. The number of carbonyl (C=O) groups is 2. The second-order valence-electron chi connectivity index (χ2n) is 7.63. The van der Waals surface area contributed by atoms with E-state index in [1.54, 1.807) is 4.90 Å². The number of imidazole rings is 1. The van der Waals surface area contributed by atoms with Gasteiger partial charge in [0.2, 0.25) is 5.91 Å². The van der Waals surface area contributed by atoms with Gasteiger partial charge in [0, 0.05) is 19.3 Å². The second kappa shape index (κ2) is 7.23. The molecule has 1 aliphatic heterocycles. The SMILES string of the molecule is O=C(c1nc2c(C(F)(F)F)cc(C3CC3)cn2c1Cl)N1CCN(c2cccs2)C(=O)C1. The molecule has 1 aliphatic carbocycles. The smallest absolute Gasteiger partial charge is 0.326 e. The van der Waals surface area contributed by atoms with Crippen LogP contribution in [0.1, 0.15) is 40.4 Å². The summed E-state index contributed by atoms with van der Waals surface area (Å²) in [5.74, 6) is -0.867. The number of rotatable bonds is 3. The van der Waals surface area contributed by atoms with E-state index in [1.807, 2.05) is 17.5 Å². The van der Waals surface area contributed by atoms with Crippen LogP contribution in [0.3, 0.4) is 0 Å². The van der Waals surface area contributed by atoms with Gasteiger partial charge in [-0.3, -0.25) is 14.0 Å². The topological polar surface area (TPSA) is 57.9 Å². The fraction of sp³-hybridized carbons (Fsp3) is 0.350. The van der Waals surface area contributed by atoms with Gasteiger partial charge in [-0.25, -0.2) is 4.98 Å². The number of nitrogens with zero attached hydrogens (tertiary/aromatic N) is 4. The van der Waals surface area contributed by atoms with E-state index in [1.165, 1.54) is 22.4 Å². The van der Waals surface area contributed by atoms with E-state index in [-0.39, 0.29) is 42.3 Å². The molecule has 5 rings (SSSR count). The number of hydrogen-bond acceptors (Lipinski definition) is 4. The summed E-state index contributed by atoms with van der Waals surface area (Å²) in [6.45, 7) is 0.322. The Morgan fingerprint density at radius 2 is 2.03 bits per heavy atom. The van der Waals surface area contributed by atoms with Crippen LogP contribution in [0.15, 0.2) is 29.8 Å². The molecule has 2 fully saturated rings. The van der Waals surface area contributed by atoms with Crippen LogP contribution >= 0.6 is 22.9 Å². The van der Waals surface area contributed by atoms with Crippen molar-refractivity contribution in [3.8, 4) is 0 Å². The standard InChI is InChI=1S/C20H16ClF3N4O2S/c21-17-16(19(30)26-5-6-27(14(29)10-26)15-2-1-7-31-15)25-18-13(20(22,23)24)8-12(9-28(17)18)11-3-4-11/h1-2,7-9,11H,3-6,10H2. The minimum atomic E-state index is -4.64. The lowest BCUT2D eigenvalue weighted by Crippen LogP contribution is -2.52. The fourth-order valence-electron chi connectivity index (χ4n) is 3.78. The van der Waals surface area contributed by atoms with Crippen LogP contribution in [0.25, 0.3) is 5.65 Å². The van der Waals surface area contributed by atoms with Crippen LogP contribution in [0.4, 0.5) is 18.2 Å². The van der Waals surface area contributed by atoms with Crippen molar-refractivity contribution in [2.75, 3.05) is 24.5 Å². The molecule has 0 spiro atoms. The Balaban J connectivity index is 1.48. The second-order valence-corrected chi connectivity index (χ2v) is 8.91. The van der Waals surface area contributed by atoms with Crippen molar-refractivity contribution in [1.82, 2.24) is 14.3 Å². The van der Waals surface area contributed by atoms with E-state index < -0.39 is 23.3 Å². The molecule has 1 saturated carbocycles. The van der Waals surface area contributed by atoms with Crippen molar-refractivity contribution in [3.63, 3.8) is 0 Å². The monoisotopic (exact) mass is 468 g/mol. The molecule has 4 heterocycles. The molecule has 2 aliphatic rings. The average molecular weight is 469 g/mol. The summed E-state index contributed by atoms with van der Waals surface area (Å²) < 4.78 is 42.1. The number of pyridine rings is 1. The molecular weight excluding hydrogens is 453 g/mol. The zero-order chi connectivity index (χ0) is 21.9. The Kier molecular flexibility index (Phi) is 4.74. The number of halogens is 4. The van der Waals surface area contributed by atoms with Crippen molar-refractivity contribution < 1.29 is 22.8 Å². The Morgan fingerprint density at radius 1 is 1.26 bits per heavy atom. The third-order valence-corrected chi connectivity index (χ3v) is 6.77. The molecule has 0 aromatic carbocycles. The number of aromatic nitrogens is 2. The van der Waals surface area contributed by atoms with Gasteiger partial charge in [-0.2, -0.15) is 13.2 Å². The Morgan fingerprint density at radius 3 is 2.65 bits per heavy atom. The normalized spacial score (nSPS) is 17.6. The Hall–Kier alpha value is -2.59. The fourth-order valence-corrected chi connectivity index (χ4v) is 4.80. The number of carbonyl (C=O) groups excluding carboxylic acids is 2. The molecular formula is C20H16ClF3N4O2S. The molecule has 0 N–H and O–H groups in total. The van der Waals surface area contributed by atoms with Crippen molar-refractivity contribution in [2.45, 2.75) is 24.9 Å². The summed E-state index contributed by atoms with van der Waals surface area (Å²) in [7, 11) is 0. The zero-order valence-corrected chi connectivity index (χ0v) is 17.6. The number of fused-ring (bicyclic) bond motifs is 1. The third kappa shape index (κ3) is 3.57. The number of amides is 2. The average Bonchev–Trinajstić information content (AvgIpc) is 3.33. The lowest BCUT2D eigenvalue weighted by atomic mass is 10.1. The minimum Gasteiger partial charge on any atom is -0.326 e. The Labute approximate surface area is 183 Å². The highest BCUT2D eigenvalue weighted by atomic mass is 35.5. The molecule has 0 unspecified atom stereocenters. The highest BCUT2D eigenvalue weighted by molar-refractivity contribution is 7.14. The van der Waals surface area contributed by atoms with Crippen LogP contribution in [0.2, 0.25) is 5.15 Å². The van der Waals surface area contributed by atoms with E-state index in [4.69, 9.17) is 11.6 Å². The first-order chi connectivity index (χ1) is 14.7. The number of anilines is 1. The van der Waals surface area contributed by atoms with E-state index in [9.17, 15) is 22.8 Å². The van der Waals surface area contributed by atoms with E-state index >= 15 is 0 Å². The van der Waals surface area contributed by atoms with Crippen molar-refractivity contribution in [3.05, 3.63) is 51.7 Å². The predicted molar refractivity (Wildman–Crippen MR) is 110 cm³/mol. The first kappa shape index (κ1) is 20.3. The van der Waals surface area contributed by atoms with Crippen LogP contribution in [-0.2, 0) is 11.0 Å². The van der Waals surface area contributed by atoms with Crippen molar-refractivity contribution in [1.29, 1.82) is 0 Å². The highest BCUT2D eigenvalue weighted by Crippen LogP contribution is 2.43. The van der Waals surface area contributed by atoms with Gasteiger partial charge in [0.05, 0.1) is 10.6 Å². The van der Waals surface area contributed by atoms with Gasteiger partial charge in [0.25, 0.3) is 5.91 Å². The van der Waals surface area contributed by atoms with Gasteiger partial charge in [0.1, 0.15) is 11.7 Å². The maximum Gasteiger partial charge on any atom is 0.419 e. The maximum atomic E-state index is 13.7. The van der Waals surface area contributed by atoms with Crippen molar-refractivity contribution in [2.24, 2.45) is 0 Å². The molecule has 3 aromatic heterocycles. The molecule has 6 nitrogen and oxygen atoms in total. The maximum absolute atomic E-state index is 13.7. The summed E-state index contributed by atoms with van der Waals surface area (Å²) in [6, 6.07) is 4.73. The number of alkyl halides is 3. The largest absolute Gasteiger partial charge is 0.419 e. The van der Waals surface area contributed by atoms with E-state index in [0.29, 0.717) is 5.56 Å². The molecule has 31 heavy (non-hydrogen) atoms. The molecule has 162 valence electrons. The molecule has 0 bridgehead atoms. The summed E-state index contributed by atoms with van der Waals surface area (Å²) in [6.07, 6.45) is -1.48. The first-order valence-electron chi connectivity index (χ1n) is 9.66. The summed E-state index contributed by atoms with van der Waals surface area (Å²) in [5.41, 5.74) is -1.08. The van der Waals surface area contributed by atoms with Gasteiger partial charge in [-0.1, -0.05) is 11.6 Å². The lowest BCUT2D eigenvalue weighted by molar-refractivity contribution is -0.136. The summed E-state index contributed by atoms with van der Waals surface area (Å²) in [4.78, 5) is 32.4. The summed E-state index contributed by atoms with van der Waals surface area (Å²) >= 11 is 7.74. The van der Waals surface area contributed by atoms with Crippen LogP contribution in [0.5, 0.6) is 0 Å². The molecule has 11 heteroatoms. The minimum absolute atomic E-state index is 0.0612. The molecule has 0 atom stereocenters. The first-order valence-corrected chi connectivity index (χ1v) is 10.9. The van der Waals surface area contributed by atoms with Crippen LogP contribution in [-0.4, -0.2) is 45.7 Å². The zero-order valence-electron chi connectivity index (χ0n) is 16.0. The van der Waals surface area contributed by atoms with Gasteiger partial charge in [0.15, 0.2) is 11.3 Å². The Bertz CT molecular complexity index is 1190. The van der Waals surface area contributed by atoms with Gasteiger partial charge in [-0.05, 0) is 47.9 Å². The number of hydrogen-bond donors (Lipinski definition) is 0. The van der Waals surface area contributed by atoms with Gasteiger partial charge in [-0.15, -0.1) is 11.3 Å². The van der Waals surface area contributed by atoms with E-state index in [0.717, 1.165) is 28.3 Å². The van der Waals surface area contributed by atoms with Crippen molar-refractivity contribution >= 4 is 45.4 Å². The molecule has 1 saturated heterocycles. The number of piperazine rings is 1. The quantitative estimate of drug-likeness (QED) is 0.571. The number of thiophene rings is 1. The van der Waals surface area contributed by atoms with E-state index in [2.05, 4.69) is 4.98 Å². The lowest BCUT2D eigenvalue weighted by Gasteiger charge is -2.33. The highest BCUT2D eigenvalue weighted by Gasteiger charge is 2.38. The van der Waals surface area contributed by atoms with Gasteiger partial charge < -0.3 is 9.80 Å².